The molecule has 0 saturated carbocycles. The number of nitrogens with two attached hydrogens (primary N) is 1. The van der Waals surface area contributed by atoms with E-state index in [2.05, 4.69) is 117 Å². The molecule has 0 spiro atoms. The Morgan fingerprint density at radius 1 is 0.469 bits per heavy atom. The van der Waals surface area contributed by atoms with Gasteiger partial charge in [-0.15, -0.1) is 0 Å². The number of nitrogen functional groups attached to an aromatic ring is 1. The summed E-state index contributed by atoms with van der Waals surface area (Å²) in [5.74, 6) is 0. The van der Waals surface area contributed by atoms with Gasteiger partial charge in [-0.05, 0) is 45.5 Å². The summed E-state index contributed by atoms with van der Waals surface area (Å²) in [4.78, 5) is 0. The molecule has 0 radical (unpaired) electrons. The van der Waals surface area contributed by atoms with Gasteiger partial charge < -0.3 is 5.73 Å². The molecule has 1 heteroatoms. The first-order valence-electron chi connectivity index (χ1n) is 11.5. The van der Waals surface area contributed by atoms with Crippen LogP contribution in [-0.2, 0) is 0 Å². The quantitative estimate of drug-likeness (QED) is 0.259. The van der Waals surface area contributed by atoms with Crippen molar-refractivity contribution in [2.75, 3.05) is 5.73 Å². The van der Waals surface area contributed by atoms with Crippen LogP contribution < -0.4 is 5.73 Å². The Kier molecular flexibility index (Phi) is 10.5. The zero-order chi connectivity index (χ0) is 23.2. The molecule has 164 valence electrons. The maximum atomic E-state index is 5.95. The highest BCUT2D eigenvalue weighted by atomic mass is 14.5. The second kappa shape index (κ2) is 13.7. The van der Waals surface area contributed by atoms with Crippen molar-refractivity contribution in [3.63, 3.8) is 0 Å². The summed E-state index contributed by atoms with van der Waals surface area (Å²) in [6.07, 6.45) is 1.25. The first-order valence-corrected chi connectivity index (χ1v) is 11.5. The van der Waals surface area contributed by atoms with E-state index in [1.807, 2.05) is 26.0 Å². The molecule has 0 aliphatic carbocycles. The van der Waals surface area contributed by atoms with E-state index < -0.39 is 0 Å². The van der Waals surface area contributed by atoms with Crippen LogP contribution in [-0.4, -0.2) is 0 Å². The third-order valence-corrected chi connectivity index (χ3v) is 4.64. The summed E-state index contributed by atoms with van der Waals surface area (Å²) in [6, 6.07) is 39.8. The van der Waals surface area contributed by atoms with Crippen molar-refractivity contribution in [1.82, 2.24) is 0 Å². The van der Waals surface area contributed by atoms with E-state index in [0.29, 0.717) is 0 Å². The zero-order valence-corrected chi connectivity index (χ0v) is 19.8. The second-order valence-electron chi connectivity index (χ2n) is 7.18. The van der Waals surface area contributed by atoms with Crippen molar-refractivity contribution >= 4 is 16.8 Å². The maximum absolute atomic E-state index is 5.95. The minimum Gasteiger partial charge on any atom is -0.399 e. The predicted molar refractivity (Wildman–Crippen MR) is 143 cm³/mol. The molecule has 0 unspecified atom stereocenters. The van der Waals surface area contributed by atoms with Gasteiger partial charge in [0.15, 0.2) is 0 Å². The Hall–Kier alpha value is -3.58. The van der Waals surface area contributed by atoms with Crippen LogP contribution in [0, 0.1) is 0 Å². The van der Waals surface area contributed by atoms with Crippen molar-refractivity contribution in [2.45, 2.75) is 34.1 Å². The van der Waals surface area contributed by atoms with E-state index in [-0.39, 0.29) is 0 Å². The number of rotatable bonds is 4. The van der Waals surface area contributed by atoms with Gasteiger partial charge in [0.05, 0.1) is 0 Å². The van der Waals surface area contributed by atoms with Crippen LogP contribution in [0.3, 0.4) is 0 Å². The van der Waals surface area contributed by atoms with E-state index in [9.17, 15) is 0 Å². The molecule has 0 aliphatic heterocycles. The number of anilines is 1. The molecule has 0 fully saturated rings. The van der Waals surface area contributed by atoms with Crippen molar-refractivity contribution < 1.29 is 0 Å². The summed E-state index contributed by atoms with van der Waals surface area (Å²) in [5.41, 5.74) is 13.9. The highest BCUT2D eigenvalue weighted by Crippen LogP contribution is 2.36. The molecule has 0 amide bonds. The van der Waals surface area contributed by atoms with Gasteiger partial charge in [-0.3, -0.25) is 0 Å². The Balaban J connectivity index is 0.000000671. The van der Waals surface area contributed by atoms with E-state index in [1.165, 1.54) is 34.3 Å². The van der Waals surface area contributed by atoms with Gasteiger partial charge >= 0.3 is 0 Å². The lowest BCUT2D eigenvalue weighted by Gasteiger charge is -2.18. The molecule has 0 atom stereocenters. The molecule has 4 aromatic rings. The Morgan fingerprint density at radius 3 is 1.00 bits per heavy atom. The van der Waals surface area contributed by atoms with Crippen molar-refractivity contribution in [2.24, 2.45) is 0 Å². The number of hydrogen-bond acceptors (Lipinski definition) is 1. The molecule has 2 N–H and O–H groups in total. The van der Waals surface area contributed by atoms with Crippen LogP contribution in [0.15, 0.2) is 115 Å². The van der Waals surface area contributed by atoms with Gasteiger partial charge in [-0.1, -0.05) is 137 Å². The molecule has 0 aliphatic rings. The third-order valence-electron chi connectivity index (χ3n) is 4.64. The Bertz CT molecular complexity index is 1010. The SMILES string of the molecule is CC.CCC.Nc1ccc(C(=C(c2ccccc2)c2ccccc2)c2ccccc2)cc1. The van der Waals surface area contributed by atoms with Crippen LogP contribution in [0.1, 0.15) is 56.4 Å². The standard InChI is InChI=1S/C26H21N.C3H8.C2H6/c27-24-18-16-23(17-19-24)26(22-14-8-3-9-15-22)25(20-10-4-1-5-11-20)21-12-6-2-7-13-21;1-3-2;1-2/h1-19H,27H2;3H2,1-2H3;1-2H3. The second-order valence-corrected chi connectivity index (χ2v) is 7.18. The first-order chi connectivity index (χ1) is 15.7. The van der Waals surface area contributed by atoms with Gasteiger partial charge in [-0.25, -0.2) is 0 Å². The predicted octanol–water partition coefficient (Wildman–Crippen LogP) is 8.72. The number of benzene rings is 4. The minimum absolute atomic E-state index is 0.770. The molecule has 0 heterocycles. The average molecular weight is 422 g/mol. The van der Waals surface area contributed by atoms with Crippen LogP contribution in [0.5, 0.6) is 0 Å². The molecule has 4 aromatic carbocycles. The van der Waals surface area contributed by atoms with Crippen LogP contribution >= 0.6 is 0 Å². The topological polar surface area (TPSA) is 26.0 Å². The molecule has 0 aromatic heterocycles. The smallest absolute Gasteiger partial charge is 0.0314 e. The lowest BCUT2D eigenvalue weighted by Crippen LogP contribution is -1.97. The maximum Gasteiger partial charge on any atom is 0.0314 e. The Labute approximate surface area is 194 Å². The summed E-state index contributed by atoms with van der Waals surface area (Å²) < 4.78 is 0. The van der Waals surface area contributed by atoms with Gasteiger partial charge in [0.25, 0.3) is 0 Å². The minimum atomic E-state index is 0.770. The monoisotopic (exact) mass is 421 g/mol. The van der Waals surface area contributed by atoms with E-state index in [4.69, 9.17) is 5.73 Å². The highest BCUT2D eigenvalue weighted by Gasteiger charge is 2.15. The molecule has 0 bridgehead atoms. The summed E-state index contributed by atoms with van der Waals surface area (Å²) in [6.45, 7) is 8.25. The average Bonchev–Trinajstić information content (AvgIpc) is 2.86. The molecule has 4 rings (SSSR count). The summed E-state index contributed by atoms with van der Waals surface area (Å²) in [5, 5.41) is 0. The largest absolute Gasteiger partial charge is 0.399 e. The van der Waals surface area contributed by atoms with Gasteiger partial charge in [0, 0.05) is 5.69 Å². The Morgan fingerprint density at radius 2 is 0.719 bits per heavy atom. The lowest BCUT2D eigenvalue weighted by atomic mass is 9.86. The van der Waals surface area contributed by atoms with Gasteiger partial charge in [0.1, 0.15) is 0 Å². The fourth-order valence-electron chi connectivity index (χ4n) is 3.37. The molecule has 1 nitrogen and oxygen atoms in total. The van der Waals surface area contributed by atoms with Crippen LogP contribution in [0.4, 0.5) is 5.69 Å². The van der Waals surface area contributed by atoms with Crippen molar-refractivity contribution in [3.05, 3.63) is 138 Å². The van der Waals surface area contributed by atoms with Gasteiger partial charge in [-0.2, -0.15) is 0 Å². The molecular formula is C31H35N. The zero-order valence-electron chi connectivity index (χ0n) is 19.8. The lowest BCUT2D eigenvalue weighted by molar-refractivity contribution is 1.09. The fourth-order valence-corrected chi connectivity index (χ4v) is 3.37. The van der Waals surface area contributed by atoms with E-state index >= 15 is 0 Å². The molecular weight excluding hydrogens is 386 g/mol. The highest BCUT2D eigenvalue weighted by molar-refractivity contribution is 6.04. The summed E-state index contributed by atoms with van der Waals surface area (Å²) >= 11 is 0. The van der Waals surface area contributed by atoms with Crippen molar-refractivity contribution in [1.29, 1.82) is 0 Å². The molecule has 32 heavy (non-hydrogen) atoms. The third kappa shape index (κ3) is 6.72. The van der Waals surface area contributed by atoms with Gasteiger partial charge in [0.2, 0.25) is 0 Å². The van der Waals surface area contributed by atoms with Crippen LogP contribution in [0.2, 0.25) is 0 Å². The molecule has 0 saturated heterocycles. The van der Waals surface area contributed by atoms with E-state index in [0.717, 1.165) is 11.3 Å². The summed E-state index contributed by atoms with van der Waals surface area (Å²) in [7, 11) is 0. The van der Waals surface area contributed by atoms with Crippen molar-refractivity contribution in [3.8, 4) is 0 Å². The van der Waals surface area contributed by atoms with Crippen LogP contribution in [0.25, 0.3) is 11.1 Å². The number of hydrogen-bond donors (Lipinski definition) is 1. The fraction of sp³-hybridized carbons (Fsp3) is 0.161. The van der Waals surface area contributed by atoms with E-state index in [1.54, 1.807) is 0 Å². The normalized spacial score (nSPS) is 9.50. The first kappa shape index (κ1) is 24.7.